The molecule has 4 aliphatic carbocycles. The maximum absolute atomic E-state index is 10.7. The molecular formula is C24H29NO3. The van der Waals surface area contributed by atoms with E-state index >= 15 is 0 Å². The predicted octanol–water partition coefficient (Wildman–Crippen LogP) is 3.46. The minimum absolute atomic E-state index is 0.00215. The summed E-state index contributed by atoms with van der Waals surface area (Å²) in [7, 11) is 0. The van der Waals surface area contributed by atoms with E-state index in [1.54, 1.807) is 0 Å². The molecule has 0 unspecified atom stereocenters. The van der Waals surface area contributed by atoms with Gasteiger partial charge in [-0.25, -0.2) is 0 Å². The van der Waals surface area contributed by atoms with Gasteiger partial charge in [-0.2, -0.15) is 0 Å². The Bertz CT molecular complexity index is 911. The highest BCUT2D eigenvalue weighted by Crippen LogP contribution is 2.75. The molecule has 4 heteroatoms. The molecule has 0 aromatic heterocycles. The van der Waals surface area contributed by atoms with Crippen molar-refractivity contribution in [2.75, 3.05) is 13.2 Å². The van der Waals surface area contributed by atoms with E-state index in [0.29, 0.717) is 23.6 Å². The number of phenols is 1. The van der Waals surface area contributed by atoms with Crippen molar-refractivity contribution in [1.29, 1.82) is 0 Å². The van der Waals surface area contributed by atoms with Crippen LogP contribution in [0.2, 0.25) is 0 Å². The smallest absolute Gasteiger partial charge is 0.165 e. The lowest BCUT2D eigenvalue weighted by molar-refractivity contribution is -0.179. The lowest BCUT2D eigenvalue weighted by atomic mass is 9.37. The molecule has 0 amide bonds. The quantitative estimate of drug-likeness (QED) is 0.790. The Labute approximate surface area is 166 Å². The molecule has 4 bridgehead atoms. The minimum Gasteiger partial charge on any atom is -0.504 e. The number of ether oxygens (including phenoxy) is 2. The molecule has 7 atom stereocenters. The standard InChI is InChI=1S/C24H29NO3/c1-2-3-4-15-13-27-24-8-7-22(12-16(15)24)18-11-14-5-6-17(26)20-19(14)23(22,9-10-25-18)21(24)28-20/h5-8,15-16,18,21,25-26H,2-4,9-13H2,1H3/t15-,16-,18-,21-,22-,23+,24-/m1/s1. The topological polar surface area (TPSA) is 50.7 Å². The Morgan fingerprint density at radius 2 is 2.21 bits per heavy atom. The average Bonchev–Trinajstić information content (AvgIpc) is 3.24. The Hall–Kier alpha value is -1.52. The largest absolute Gasteiger partial charge is 0.504 e. The number of nitrogens with one attached hydrogen (secondary N) is 1. The van der Waals surface area contributed by atoms with Gasteiger partial charge >= 0.3 is 0 Å². The number of hydrogen-bond donors (Lipinski definition) is 2. The maximum atomic E-state index is 10.7. The van der Waals surface area contributed by atoms with Crippen molar-refractivity contribution >= 4 is 0 Å². The lowest BCUT2D eigenvalue weighted by Crippen LogP contribution is -2.78. The zero-order valence-electron chi connectivity index (χ0n) is 16.5. The summed E-state index contributed by atoms with van der Waals surface area (Å²) in [5.41, 5.74) is 2.41. The molecule has 28 heavy (non-hydrogen) atoms. The van der Waals surface area contributed by atoms with E-state index in [4.69, 9.17) is 9.47 Å². The molecule has 2 saturated heterocycles. The van der Waals surface area contributed by atoms with Gasteiger partial charge in [-0.1, -0.05) is 38.0 Å². The predicted molar refractivity (Wildman–Crippen MR) is 106 cm³/mol. The summed E-state index contributed by atoms with van der Waals surface area (Å²) in [4.78, 5) is 0. The molecule has 2 N–H and O–H groups in total. The van der Waals surface area contributed by atoms with Crippen LogP contribution in [0.25, 0.3) is 0 Å². The van der Waals surface area contributed by atoms with Crippen LogP contribution in [0, 0.1) is 17.3 Å². The first kappa shape index (κ1) is 16.3. The number of hydrogen-bond acceptors (Lipinski definition) is 4. The molecule has 8 rings (SSSR count). The molecule has 0 radical (unpaired) electrons. The third kappa shape index (κ3) is 1.48. The number of benzene rings is 1. The lowest BCUT2D eigenvalue weighted by Gasteiger charge is -2.69. The molecule has 3 spiro atoms. The third-order valence-corrected chi connectivity index (χ3v) is 9.37. The molecule has 3 aliphatic heterocycles. The van der Waals surface area contributed by atoms with Crippen LogP contribution >= 0.6 is 0 Å². The van der Waals surface area contributed by atoms with Gasteiger partial charge in [0, 0.05) is 22.9 Å². The summed E-state index contributed by atoms with van der Waals surface area (Å²) in [6.45, 7) is 4.16. The van der Waals surface area contributed by atoms with Gasteiger partial charge in [0.1, 0.15) is 11.7 Å². The third-order valence-electron chi connectivity index (χ3n) is 9.37. The van der Waals surface area contributed by atoms with Gasteiger partial charge in [0.2, 0.25) is 0 Å². The van der Waals surface area contributed by atoms with Crippen LogP contribution in [0.5, 0.6) is 11.5 Å². The van der Waals surface area contributed by atoms with Crippen LogP contribution in [0.3, 0.4) is 0 Å². The van der Waals surface area contributed by atoms with Crippen molar-refractivity contribution in [2.24, 2.45) is 17.3 Å². The Balaban J connectivity index is 1.47. The summed E-state index contributed by atoms with van der Waals surface area (Å²) in [5.74, 6) is 2.23. The summed E-state index contributed by atoms with van der Waals surface area (Å²) in [6, 6.07) is 4.42. The van der Waals surface area contributed by atoms with Gasteiger partial charge < -0.3 is 19.9 Å². The first-order valence-corrected chi connectivity index (χ1v) is 11.3. The summed E-state index contributed by atoms with van der Waals surface area (Å²) < 4.78 is 13.4. The fourth-order valence-electron chi connectivity index (χ4n) is 8.34. The fourth-order valence-corrected chi connectivity index (χ4v) is 8.34. The van der Waals surface area contributed by atoms with Gasteiger partial charge in [0.15, 0.2) is 11.5 Å². The number of rotatable bonds is 3. The monoisotopic (exact) mass is 379 g/mol. The SMILES string of the molecule is CCCC[C@@H]1CO[C@]23C=C[C@@]4(C[C@H]12)[C@H]1Cc2ccc(O)c5c2[C@@]4(CCN1)[C@H]3O5. The fraction of sp³-hybridized carbons (Fsp3) is 0.667. The van der Waals surface area contributed by atoms with Crippen LogP contribution in [-0.2, 0) is 16.6 Å². The van der Waals surface area contributed by atoms with E-state index in [2.05, 4.69) is 30.5 Å². The van der Waals surface area contributed by atoms with Crippen molar-refractivity contribution in [1.82, 2.24) is 5.32 Å². The van der Waals surface area contributed by atoms with Crippen molar-refractivity contribution in [3.8, 4) is 11.5 Å². The number of piperidine rings is 1. The second-order valence-electron chi connectivity index (χ2n) is 10.1. The van der Waals surface area contributed by atoms with Gasteiger partial charge in [0.05, 0.1) is 12.0 Å². The van der Waals surface area contributed by atoms with Gasteiger partial charge in [-0.15, -0.1) is 0 Å². The Morgan fingerprint density at radius 1 is 1.29 bits per heavy atom. The highest BCUT2D eigenvalue weighted by atomic mass is 16.6. The Kier molecular flexibility index (Phi) is 2.89. The van der Waals surface area contributed by atoms with Crippen LogP contribution in [0.15, 0.2) is 24.3 Å². The van der Waals surface area contributed by atoms with E-state index in [1.165, 1.54) is 36.8 Å². The van der Waals surface area contributed by atoms with E-state index < -0.39 is 0 Å². The summed E-state index contributed by atoms with van der Waals surface area (Å²) in [6.07, 6.45) is 12.0. The Morgan fingerprint density at radius 3 is 3.11 bits per heavy atom. The van der Waals surface area contributed by atoms with E-state index in [0.717, 1.165) is 31.7 Å². The summed E-state index contributed by atoms with van der Waals surface area (Å²) >= 11 is 0. The number of aromatic hydroxyl groups is 1. The molecule has 3 fully saturated rings. The highest BCUT2D eigenvalue weighted by molar-refractivity contribution is 5.65. The van der Waals surface area contributed by atoms with Crippen molar-refractivity contribution in [3.63, 3.8) is 0 Å². The van der Waals surface area contributed by atoms with Gasteiger partial charge in [-0.05, 0) is 49.8 Å². The summed E-state index contributed by atoms with van der Waals surface area (Å²) in [5, 5.41) is 14.6. The first-order valence-electron chi connectivity index (χ1n) is 11.3. The van der Waals surface area contributed by atoms with E-state index in [1.807, 2.05) is 6.07 Å². The molecule has 7 aliphatic rings. The average molecular weight is 380 g/mol. The second kappa shape index (κ2) is 4.96. The molecule has 1 aromatic rings. The highest BCUT2D eigenvalue weighted by Gasteiger charge is 2.80. The van der Waals surface area contributed by atoms with Gasteiger partial charge in [0.25, 0.3) is 0 Å². The van der Waals surface area contributed by atoms with Crippen LogP contribution in [-0.4, -0.2) is 36.0 Å². The molecular weight excluding hydrogens is 350 g/mol. The maximum Gasteiger partial charge on any atom is 0.165 e. The normalized spacial score (nSPS) is 48.3. The van der Waals surface area contributed by atoms with Gasteiger partial charge in [-0.3, -0.25) is 0 Å². The molecule has 4 nitrogen and oxygen atoms in total. The zero-order valence-corrected chi connectivity index (χ0v) is 16.5. The molecule has 3 heterocycles. The zero-order chi connectivity index (χ0) is 18.7. The minimum atomic E-state index is -0.317. The second-order valence-corrected chi connectivity index (χ2v) is 10.1. The van der Waals surface area contributed by atoms with Crippen molar-refractivity contribution < 1.29 is 14.6 Å². The number of unbranched alkanes of at least 4 members (excludes halogenated alkanes) is 1. The van der Waals surface area contributed by atoms with Crippen molar-refractivity contribution in [2.45, 2.75) is 68.6 Å². The molecule has 1 aromatic carbocycles. The van der Waals surface area contributed by atoms with E-state index in [-0.39, 0.29) is 22.5 Å². The van der Waals surface area contributed by atoms with Crippen LogP contribution in [0.1, 0.15) is 50.2 Å². The molecule has 148 valence electrons. The number of phenolic OH excluding ortho intramolecular Hbond substituents is 1. The van der Waals surface area contributed by atoms with E-state index in [9.17, 15) is 5.11 Å². The molecule has 1 saturated carbocycles. The van der Waals surface area contributed by atoms with Crippen LogP contribution in [0.4, 0.5) is 0 Å². The van der Waals surface area contributed by atoms with Crippen molar-refractivity contribution in [3.05, 3.63) is 35.4 Å². The first-order chi connectivity index (χ1) is 13.7. The van der Waals surface area contributed by atoms with Crippen LogP contribution < -0.4 is 10.1 Å².